The van der Waals surface area contributed by atoms with E-state index in [0.717, 1.165) is 0 Å². The molecule has 4 nitrogen and oxygen atoms in total. The first-order valence-electron chi connectivity index (χ1n) is 5.16. The molecule has 1 aliphatic rings. The van der Waals surface area contributed by atoms with Crippen LogP contribution in [-0.2, 0) is 10.3 Å². The van der Waals surface area contributed by atoms with Gasteiger partial charge in [0, 0.05) is 5.56 Å². The molecule has 0 amide bonds. The molecule has 0 saturated carbocycles. The van der Waals surface area contributed by atoms with Crippen molar-refractivity contribution >= 4 is 11.9 Å². The van der Waals surface area contributed by atoms with E-state index in [1.165, 1.54) is 0 Å². The number of esters is 1. The van der Waals surface area contributed by atoms with E-state index in [0.29, 0.717) is 12.1 Å². The zero-order valence-corrected chi connectivity index (χ0v) is 9.67. The average molecular weight is 314 g/mol. The summed E-state index contributed by atoms with van der Waals surface area (Å²) < 4.78 is 81.3. The fraction of sp³-hybridized carbons (Fsp3) is 0.273. The Balaban J connectivity index is 2.83. The van der Waals surface area contributed by atoms with Crippen LogP contribution in [0.1, 0.15) is 26.3 Å². The molecule has 0 unspecified atom stereocenters. The van der Waals surface area contributed by atoms with Crippen molar-refractivity contribution in [3.05, 3.63) is 34.9 Å². The molecule has 0 aromatic heterocycles. The first kappa shape index (κ1) is 15.1. The fourth-order valence-electron chi connectivity index (χ4n) is 1.98. The maximum Gasteiger partial charge on any atom is 0.442 e. The lowest BCUT2D eigenvalue weighted by atomic mass is 9.89. The van der Waals surface area contributed by atoms with Crippen molar-refractivity contribution < 1.29 is 45.8 Å². The second-order valence-electron chi connectivity index (χ2n) is 4.13. The van der Waals surface area contributed by atoms with Gasteiger partial charge in [-0.1, -0.05) is 0 Å². The van der Waals surface area contributed by atoms with E-state index < -0.39 is 46.6 Å². The van der Waals surface area contributed by atoms with Crippen molar-refractivity contribution in [1.82, 2.24) is 0 Å². The number of hydrogen-bond acceptors (Lipinski definition) is 3. The number of cyclic esters (lactones) is 1. The predicted octanol–water partition coefficient (Wildman–Crippen LogP) is 2.88. The SMILES string of the molecule is O=C(O)c1ccc2c(c1)C(C(F)(F)F)(C(F)(F)F)OC2=O. The number of alkyl halides is 6. The van der Waals surface area contributed by atoms with Gasteiger partial charge in [-0.3, -0.25) is 0 Å². The van der Waals surface area contributed by atoms with Crippen LogP contribution in [0.25, 0.3) is 0 Å². The van der Waals surface area contributed by atoms with Crippen LogP contribution >= 0.6 is 0 Å². The summed E-state index contributed by atoms with van der Waals surface area (Å²) in [5.74, 6) is -3.56. The normalized spacial score (nSPS) is 17.3. The number of halogens is 6. The summed E-state index contributed by atoms with van der Waals surface area (Å²) in [6.07, 6.45) is -12.0. The van der Waals surface area contributed by atoms with Gasteiger partial charge in [0.1, 0.15) is 0 Å². The van der Waals surface area contributed by atoms with Crippen molar-refractivity contribution in [2.24, 2.45) is 0 Å². The Morgan fingerprint density at radius 1 is 1.10 bits per heavy atom. The highest BCUT2D eigenvalue weighted by atomic mass is 19.4. The van der Waals surface area contributed by atoms with Gasteiger partial charge < -0.3 is 9.84 Å². The molecular formula is C11H4F6O4. The summed E-state index contributed by atoms with van der Waals surface area (Å²) in [4.78, 5) is 22.0. The molecule has 21 heavy (non-hydrogen) atoms. The average Bonchev–Trinajstić information content (AvgIpc) is 2.62. The lowest BCUT2D eigenvalue weighted by molar-refractivity contribution is -0.369. The highest BCUT2D eigenvalue weighted by molar-refractivity contribution is 5.97. The third-order valence-electron chi connectivity index (χ3n) is 2.91. The van der Waals surface area contributed by atoms with Gasteiger partial charge in [-0.15, -0.1) is 0 Å². The van der Waals surface area contributed by atoms with Gasteiger partial charge in [0.15, 0.2) is 0 Å². The second-order valence-corrected chi connectivity index (χ2v) is 4.13. The van der Waals surface area contributed by atoms with Gasteiger partial charge in [-0.05, 0) is 18.2 Å². The number of carbonyl (C=O) groups excluding carboxylic acids is 1. The predicted molar refractivity (Wildman–Crippen MR) is 52.6 cm³/mol. The zero-order valence-electron chi connectivity index (χ0n) is 9.67. The third kappa shape index (κ3) is 1.93. The van der Waals surface area contributed by atoms with Crippen LogP contribution < -0.4 is 0 Å². The van der Waals surface area contributed by atoms with Crippen LogP contribution in [0.3, 0.4) is 0 Å². The van der Waals surface area contributed by atoms with Gasteiger partial charge in [-0.25, -0.2) is 9.59 Å². The number of ether oxygens (including phenoxy) is 1. The van der Waals surface area contributed by atoms with Crippen LogP contribution in [-0.4, -0.2) is 29.4 Å². The number of fused-ring (bicyclic) bond motifs is 1. The Kier molecular flexibility index (Phi) is 2.97. The first-order valence-corrected chi connectivity index (χ1v) is 5.16. The summed E-state index contributed by atoms with van der Waals surface area (Å²) in [7, 11) is 0. The van der Waals surface area contributed by atoms with E-state index in [9.17, 15) is 35.9 Å². The van der Waals surface area contributed by atoms with Crippen LogP contribution in [0, 0.1) is 0 Å². The summed E-state index contributed by atoms with van der Waals surface area (Å²) in [6.45, 7) is 0. The quantitative estimate of drug-likeness (QED) is 0.639. The van der Waals surface area contributed by atoms with E-state index in [1.807, 2.05) is 0 Å². The van der Waals surface area contributed by atoms with Crippen LogP contribution in [0.2, 0.25) is 0 Å². The lowest BCUT2D eigenvalue weighted by Crippen LogP contribution is -2.54. The molecule has 1 N–H and O–H groups in total. The summed E-state index contributed by atoms with van der Waals surface area (Å²) >= 11 is 0. The number of hydrogen-bond donors (Lipinski definition) is 1. The lowest BCUT2D eigenvalue weighted by Gasteiger charge is -2.32. The molecule has 0 atom stereocenters. The Morgan fingerprint density at radius 2 is 1.62 bits per heavy atom. The number of carboxylic acid groups (broad SMARTS) is 1. The first-order chi connectivity index (χ1) is 9.42. The van der Waals surface area contributed by atoms with Crippen molar-refractivity contribution in [2.75, 3.05) is 0 Å². The molecule has 1 aliphatic heterocycles. The number of carboxylic acids is 1. The van der Waals surface area contributed by atoms with E-state index in [1.54, 1.807) is 0 Å². The number of benzene rings is 1. The number of rotatable bonds is 1. The maximum absolute atomic E-state index is 13.0. The van der Waals surface area contributed by atoms with E-state index in [-0.39, 0.29) is 6.07 Å². The van der Waals surface area contributed by atoms with Gasteiger partial charge in [0.05, 0.1) is 11.1 Å². The Labute approximate surface area is 111 Å². The Morgan fingerprint density at radius 3 is 2.05 bits per heavy atom. The second kappa shape index (κ2) is 4.12. The summed E-state index contributed by atoms with van der Waals surface area (Å²) in [6, 6.07) is 1.41. The molecule has 0 aliphatic carbocycles. The molecule has 114 valence electrons. The summed E-state index contributed by atoms with van der Waals surface area (Å²) in [5, 5.41) is 8.67. The van der Waals surface area contributed by atoms with Crippen molar-refractivity contribution in [2.45, 2.75) is 18.0 Å². The maximum atomic E-state index is 13.0. The highest BCUT2D eigenvalue weighted by Crippen LogP contribution is 2.57. The third-order valence-corrected chi connectivity index (χ3v) is 2.91. The molecule has 0 fully saturated rings. The molecule has 0 radical (unpaired) electrons. The fourth-order valence-corrected chi connectivity index (χ4v) is 1.98. The molecule has 1 aromatic carbocycles. The molecule has 10 heteroatoms. The number of carbonyl (C=O) groups is 2. The van der Waals surface area contributed by atoms with Gasteiger partial charge in [0.2, 0.25) is 0 Å². The minimum Gasteiger partial charge on any atom is -0.478 e. The summed E-state index contributed by atoms with van der Waals surface area (Å²) in [5.41, 5.74) is -8.25. The molecule has 1 heterocycles. The highest BCUT2D eigenvalue weighted by Gasteiger charge is 2.78. The van der Waals surface area contributed by atoms with Crippen molar-refractivity contribution in [1.29, 1.82) is 0 Å². The monoisotopic (exact) mass is 314 g/mol. The van der Waals surface area contributed by atoms with E-state index >= 15 is 0 Å². The molecule has 0 spiro atoms. The molecule has 0 saturated heterocycles. The van der Waals surface area contributed by atoms with E-state index in [2.05, 4.69) is 4.74 Å². The van der Waals surface area contributed by atoms with Crippen LogP contribution in [0.5, 0.6) is 0 Å². The number of aromatic carboxylic acids is 1. The van der Waals surface area contributed by atoms with Gasteiger partial charge >= 0.3 is 29.9 Å². The molecule has 2 rings (SSSR count). The topological polar surface area (TPSA) is 63.6 Å². The molecule has 0 bridgehead atoms. The Bertz CT molecular complexity index is 617. The van der Waals surface area contributed by atoms with Crippen LogP contribution in [0.15, 0.2) is 18.2 Å². The van der Waals surface area contributed by atoms with Crippen molar-refractivity contribution in [3.63, 3.8) is 0 Å². The smallest absolute Gasteiger partial charge is 0.442 e. The zero-order chi connectivity index (χ0) is 16.2. The van der Waals surface area contributed by atoms with Gasteiger partial charge in [-0.2, -0.15) is 26.3 Å². The van der Waals surface area contributed by atoms with Crippen LogP contribution in [0.4, 0.5) is 26.3 Å². The minimum absolute atomic E-state index is 0.142. The Hall–Kier alpha value is -2.26. The largest absolute Gasteiger partial charge is 0.478 e. The molecular weight excluding hydrogens is 310 g/mol. The van der Waals surface area contributed by atoms with Crippen molar-refractivity contribution in [3.8, 4) is 0 Å². The standard InChI is InChI=1S/C11H4F6O4/c12-10(13,14)9(11(15,16)17)6-3-4(7(18)19)1-2-5(6)8(20)21-9/h1-3H,(H,18,19). The minimum atomic E-state index is -6.00. The molecule has 1 aromatic rings. The van der Waals surface area contributed by atoms with E-state index in [4.69, 9.17) is 5.11 Å². The van der Waals surface area contributed by atoms with Gasteiger partial charge in [0.25, 0.3) is 0 Å².